The summed E-state index contributed by atoms with van der Waals surface area (Å²) in [4.78, 5) is 2.50. The molecule has 0 aliphatic carbocycles. The summed E-state index contributed by atoms with van der Waals surface area (Å²) < 4.78 is 0. The number of hydrogen-bond donors (Lipinski definition) is 1. The highest BCUT2D eigenvalue weighted by Crippen LogP contribution is 2.14. The zero-order chi connectivity index (χ0) is 13.5. The fraction of sp³-hybridized carbons (Fsp3) is 0.562. The quantitative estimate of drug-likeness (QED) is 0.880. The molecule has 0 radical (unpaired) electrons. The first-order valence-electron chi connectivity index (χ1n) is 7.24. The number of nitrogens with zero attached hydrogens (tertiary/aromatic N) is 2. The maximum Gasteiger partial charge on any atom is 0.0991 e. The lowest BCUT2D eigenvalue weighted by molar-refractivity contribution is 0.209. The van der Waals surface area contributed by atoms with E-state index in [0.29, 0.717) is 0 Å². The van der Waals surface area contributed by atoms with Crippen LogP contribution in [0.15, 0.2) is 24.3 Å². The molecule has 19 heavy (non-hydrogen) atoms. The zero-order valence-corrected chi connectivity index (χ0v) is 11.7. The summed E-state index contributed by atoms with van der Waals surface area (Å²) in [6.07, 6.45) is 2.65. The number of hydrogen-bond acceptors (Lipinski definition) is 3. The summed E-state index contributed by atoms with van der Waals surface area (Å²) in [6.45, 7) is 7.79. The van der Waals surface area contributed by atoms with Crippen molar-refractivity contribution in [2.45, 2.75) is 26.3 Å². The third kappa shape index (κ3) is 4.34. The monoisotopic (exact) mass is 257 g/mol. The standard InChI is InChI=1S/C16H23N3/c1-2-19(13-16-4-3-9-18-11-16)12-15-7-5-14(10-17)6-8-15/h5-8,16,18H,2-4,9,11-13H2,1H3. The van der Waals surface area contributed by atoms with Crippen LogP contribution >= 0.6 is 0 Å². The number of nitriles is 1. The summed E-state index contributed by atoms with van der Waals surface area (Å²) in [7, 11) is 0. The number of piperidine rings is 1. The predicted octanol–water partition coefficient (Wildman–Crippen LogP) is 2.38. The summed E-state index contributed by atoms with van der Waals surface area (Å²) in [5.41, 5.74) is 2.04. The van der Waals surface area contributed by atoms with Crippen molar-refractivity contribution in [2.24, 2.45) is 5.92 Å². The first-order valence-corrected chi connectivity index (χ1v) is 7.24. The van der Waals surface area contributed by atoms with E-state index in [1.54, 1.807) is 0 Å². The van der Waals surface area contributed by atoms with Gasteiger partial charge in [0.2, 0.25) is 0 Å². The molecule has 1 unspecified atom stereocenters. The maximum atomic E-state index is 8.81. The van der Waals surface area contributed by atoms with Gasteiger partial charge in [-0.25, -0.2) is 0 Å². The van der Waals surface area contributed by atoms with Crippen LogP contribution in [0.1, 0.15) is 30.9 Å². The lowest BCUT2D eigenvalue weighted by Crippen LogP contribution is -2.38. The van der Waals surface area contributed by atoms with Crippen LogP contribution in [0.2, 0.25) is 0 Å². The second-order valence-corrected chi connectivity index (χ2v) is 5.35. The largest absolute Gasteiger partial charge is 0.316 e. The second-order valence-electron chi connectivity index (χ2n) is 5.35. The third-order valence-electron chi connectivity index (χ3n) is 3.85. The number of benzene rings is 1. The van der Waals surface area contributed by atoms with E-state index in [1.807, 2.05) is 12.1 Å². The Bertz CT molecular complexity index is 413. The van der Waals surface area contributed by atoms with E-state index in [9.17, 15) is 0 Å². The van der Waals surface area contributed by atoms with Crippen molar-refractivity contribution >= 4 is 0 Å². The fourth-order valence-electron chi connectivity index (χ4n) is 2.69. The Balaban J connectivity index is 1.88. The number of nitrogens with one attached hydrogen (secondary N) is 1. The van der Waals surface area contributed by atoms with Gasteiger partial charge in [-0.2, -0.15) is 5.26 Å². The molecule has 1 heterocycles. The molecule has 3 heteroatoms. The topological polar surface area (TPSA) is 39.1 Å². The van der Waals surface area contributed by atoms with Gasteiger partial charge in [-0.1, -0.05) is 19.1 Å². The molecule has 2 rings (SSSR count). The van der Waals surface area contributed by atoms with Gasteiger partial charge in [0.1, 0.15) is 0 Å². The Morgan fingerprint density at radius 1 is 1.37 bits per heavy atom. The van der Waals surface area contributed by atoms with Gasteiger partial charge in [-0.15, -0.1) is 0 Å². The Kier molecular flexibility index (Phi) is 5.38. The van der Waals surface area contributed by atoms with E-state index in [2.05, 4.69) is 35.3 Å². The summed E-state index contributed by atoms with van der Waals surface area (Å²) in [5, 5.41) is 12.3. The van der Waals surface area contributed by atoms with Crippen LogP contribution in [0.4, 0.5) is 0 Å². The normalized spacial score (nSPS) is 19.3. The smallest absolute Gasteiger partial charge is 0.0991 e. The Labute approximate surface area is 116 Å². The average Bonchev–Trinajstić information content (AvgIpc) is 2.48. The van der Waals surface area contributed by atoms with Gasteiger partial charge in [-0.05, 0) is 56.1 Å². The van der Waals surface area contributed by atoms with Crippen molar-refractivity contribution in [3.8, 4) is 6.07 Å². The molecule has 0 bridgehead atoms. The summed E-state index contributed by atoms with van der Waals surface area (Å²) >= 11 is 0. The zero-order valence-electron chi connectivity index (χ0n) is 11.7. The molecule has 1 fully saturated rings. The van der Waals surface area contributed by atoms with Gasteiger partial charge in [0.25, 0.3) is 0 Å². The molecule has 1 aromatic rings. The molecule has 0 amide bonds. The van der Waals surface area contributed by atoms with Crippen LogP contribution in [0.5, 0.6) is 0 Å². The minimum absolute atomic E-state index is 0.739. The third-order valence-corrected chi connectivity index (χ3v) is 3.85. The van der Waals surface area contributed by atoms with Crippen LogP contribution in [-0.2, 0) is 6.54 Å². The van der Waals surface area contributed by atoms with Gasteiger partial charge in [0.15, 0.2) is 0 Å². The van der Waals surface area contributed by atoms with E-state index < -0.39 is 0 Å². The van der Waals surface area contributed by atoms with Gasteiger partial charge < -0.3 is 5.32 Å². The van der Waals surface area contributed by atoms with Crippen molar-refractivity contribution in [3.05, 3.63) is 35.4 Å². The van der Waals surface area contributed by atoms with Gasteiger partial charge in [0, 0.05) is 13.1 Å². The average molecular weight is 257 g/mol. The van der Waals surface area contributed by atoms with Crippen molar-refractivity contribution in [1.29, 1.82) is 5.26 Å². The SMILES string of the molecule is CCN(Cc1ccc(C#N)cc1)CC1CCCNC1. The molecule has 1 aliphatic rings. The highest BCUT2D eigenvalue weighted by Gasteiger charge is 2.16. The van der Waals surface area contributed by atoms with Gasteiger partial charge in [-0.3, -0.25) is 4.90 Å². The molecule has 1 aliphatic heterocycles. The van der Waals surface area contributed by atoms with Crippen LogP contribution < -0.4 is 5.32 Å². The molecule has 102 valence electrons. The second kappa shape index (κ2) is 7.28. The Morgan fingerprint density at radius 2 is 2.16 bits per heavy atom. The first kappa shape index (κ1) is 14.0. The lowest BCUT2D eigenvalue weighted by Gasteiger charge is -2.29. The summed E-state index contributed by atoms with van der Waals surface area (Å²) in [6, 6.07) is 10.1. The van der Waals surface area contributed by atoms with Crippen LogP contribution in [0.25, 0.3) is 0 Å². The van der Waals surface area contributed by atoms with E-state index in [1.165, 1.54) is 31.5 Å². The maximum absolute atomic E-state index is 8.81. The van der Waals surface area contributed by atoms with Crippen molar-refractivity contribution < 1.29 is 0 Å². The Morgan fingerprint density at radius 3 is 2.74 bits per heavy atom. The van der Waals surface area contributed by atoms with Crippen LogP contribution in [0.3, 0.4) is 0 Å². The van der Waals surface area contributed by atoms with Crippen LogP contribution in [0, 0.1) is 17.2 Å². The van der Waals surface area contributed by atoms with E-state index >= 15 is 0 Å². The minimum atomic E-state index is 0.739. The van der Waals surface area contributed by atoms with Gasteiger partial charge in [0.05, 0.1) is 11.6 Å². The van der Waals surface area contributed by atoms with Crippen molar-refractivity contribution in [1.82, 2.24) is 10.2 Å². The molecular formula is C16H23N3. The molecule has 0 spiro atoms. The highest BCUT2D eigenvalue weighted by atomic mass is 15.1. The molecule has 1 atom stereocenters. The molecule has 1 N–H and O–H groups in total. The molecule has 3 nitrogen and oxygen atoms in total. The van der Waals surface area contributed by atoms with Gasteiger partial charge >= 0.3 is 0 Å². The highest BCUT2D eigenvalue weighted by molar-refractivity contribution is 5.31. The first-order chi connectivity index (χ1) is 9.31. The van der Waals surface area contributed by atoms with E-state index in [0.717, 1.165) is 31.1 Å². The predicted molar refractivity (Wildman–Crippen MR) is 77.7 cm³/mol. The van der Waals surface area contributed by atoms with E-state index in [-0.39, 0.29) is 0 Å². The minimum Gasteiger partial charge on any atom is -0.316 e. The fourth-order valence-corrected chi connectivity index (χ4v) is 2.69. The van der Waals surface area contributed by atoms with Crippen molar-refractivity contribution in [2.75, 3.05) is 26.2 Å². The molecule has 0 aromatic heterocycles. The molecule has 1 aromatic carbocycles. The summed E-state index contributed by atoms with van der Waals surface area (Å²) in [5.74, 6) is 0.784. The van der Waals surface area contributed by atoms with E-state index in [4.69, 9.17) is 5.26 Å². The van der Waals surface area contributed by atoms with Crippen LogP contribution in [-0.4, -0.2) is 31.1 Å². The number of rotatable bonds is 5. The van der Waals surface area contributed by atoms with Crippen molar-refractivity contribution in [3.63, 3.8) is 0 Å². The molecule has 0 saturated carbocycles. The lowest BCUT2D eigenvalue weighted by atomic mass is 9.99. The Hall–Kier alpha value is -1.37. The molecular weight excluding hydrogens is 234 g/mol. The molecule has 1 saturated heterocycles.